The molecule has 1 saturated heterocycles. The van der Waals surface area contributed by atoms with Gasteiger partial charge in [-0.15, -0.1) is 0 Å². The molecule has 1 aliphatic heterocycles. The number of nitrogens with one attached hydrogen (secondary N) is 2. The summed E-state index contributed by atoms with van der Waals surface area (Å²) in [6.45, 7) is 6.98. The Morgan fingerprint density at radius 3 is 2.62 bits per heavy atom. The summed E-state index contributed by atoms with van der Waals surface area (Å²) < 4.78 is 0. The molecule has 4 N–H and O–H groups in total. The number of carbonyl (C=O) groups excluding carboxylic acids is 2. The Balaban J connectivity index is 2.63. The van der Waals surface area contributed by atoms with Crippen LogP contribution in [0, 0.1) is 5.92 Å². The molecule has 0 aliphatic carbocycles. The second-order valence-corrected chi connectivity index (χ2v) is 5.25. The first-order valence-electron chi connectivity index (χ1n) is 7.65. The number of amides is 2. The zero-order chi connectivity index (χ0) is 15.7. The number of piperidine rings is 1. The van der Waals surface area contributed by atoms with E-state index in [0.717, 1.165) is 38.4 Å². The van der Waals surface area contributed by atoms with Crippen LogP contribution in [0.15, 0.2) is 4.99 Å². The minimum atomic E-state index is -0.258. The van der Waals surface area contributed by atoms with Crippen molar-refractivity contribution in [1.82, 2.24) is 15.5 Å². The highest BCUT2D eigenvalue weighted by molar-refractivity contribution is 5.85. The standard InChI is InChI=1S/C14H27N5O2/c1-3-16-13(21)9-18-14(17-4-2)19-7-5-6-11(10-19)8-12(15)20/h11H,3-10H2,1-2H3,(H2,15,20)(H,16,21)(H,17,18). The number of guanidine groups is 1. The van der Waals surface area contributed by atoms with Crippen LogP contribution in [0.2, 0.25) is 0 Å². The minimum Gasteiger partial charge on any atom is -0.370 e. The van der Waals surface area contributed by atoms with E-state index >= 15 is 0 Å². The number of likely N-dealkylation sites (tertiary alicyclic amines) is 1. The smallest absolute Gasteiger partial charge is 0.241 e. The number of nitrogens with zero attached hydrogens (tertiary/aromatic N) is 2. The van der Waals surface area contributed by atoms with Crippen molar-refractivity contribution >= 4 is 17.8 Å². The van der Waals surface area contributed by atoms with Gasteiger partial charge in [0.2, 0.25) is 11.8 Å². The zero-order valence-electron chi connectivity index (χ0n) is 13.0. The van der Waals surface area contributed by atoms with Crippen molar-refractivity contribution in [3.05, 3.63) is 0 Å². The molecule has 7 nitrogen and oxygen atoms in total. The van der Waals surface area contributed by atoms with E-state index < -0.39 is 0 Å². The van der Waals surface area contributed by atoms with Gasteiger partial charge in [0.05, 0.1) is 0 Å². The van der Waals surface area contributed by atoms with Gasteiger partial charge in [-0.3, -0.25) is 9.59 Å². The highest BCUT2D eigenvalue weighted by atomic mass is 16.2. The lowest BCUT2D eigenvalue weighted by Gasteiger charge is -2.34. The first kappa shape index (κ1) is 17.3. The third kappa shape index (κ3) is 6.46. The van der Waals surface area contributed by atoms with Crippen LogP contribution in [-0.4, -0.2) is 55.4 Å². The molecule has 0 saturated carbocycles. The number of hydrogen-bond acceptors (Lipinski definition) is 3. The summed E-state index contributed by atoms with van der Waals surface area (Å²) in [7, 11) is 0. The fourth-order valence-electron chi connectivity index (χ4n) is 2.53. The molecule has 0 aromatic rings. The Labute approximate surface area is 126 Å². The van der Waals surface area contributed by atoms with Gasteiger partial charge in [0, 0.05) is 32.6 Å². The summed E-state index contributed by atoms with van der Waals surface area (Å²) in [5.41, 5.74) is 5.28. The first-order chi connectivity index (χ1) is 10.1. The van der Waals surface area contributed by atoms with Crippen molar-refractivity contribution in [2.45, 2.75) is 33.1 Å². The lowest BCUT2D eigenvalue weighted by atomic mass is 9.95. The molecule has 2 amide bonds. The maximum Gasteiger partial charge on any atom is 0.241 e. The monoisotopic (exact) mass is 297 g/mol. The largest absolute Gasteiger partial charge is 0.370 e. The summed E-state index contributed by atoms with van der Waals surface area (Å²) >= 11 is 0. The number of aliphatic imine (C=N–C) groups is 1. The number of nitrogens with two attached hydrogens (primary N) is 1. The number of carbonyl (C=O) groups is 2. The van der Waals surface area contributed by atoms with E-state index in [9.17, 15) is 9.59 Å². The van der Waals surface area contributed by atoms with Crippen LogP contribution >= 0.6 is 0 Å². The summed E-state index contributed by atoms with van der Waals surface area (Å²) in [4.78, 5) is 29.1. The number of hydrogen-bond donors (Lipinski definition) is 3. The maximum atomic E-state index is 11.5. The van der Waals surface area contributed by atoms with Gasteiger partial charge in [-0.05, 0) is 32.6 Å². The fraction of sp³-hybridized carbons (Fsp3) is 0.786. The molecule has 0 spiro atoms. The van der Waals surface area contributed by atoms with Crippen molar-refractivity contribution in [2.75, 3.05) is 32.7 Å². The normalized spacial score (nSPS) is 19.2. The topological polar surface area (TPSA) is 99.8 Å². The minimum absolute atomic E-state index is 0.0846. The van der Waals surface area contributed by atoms with E-state index in [1.807, 2.05) is 13.8 Å². The predicted octanol–water partition coefficient (Wildman–Crippen LogP) is -0.325. The Bertz CT molecular complexity index is 384. The molecule has 120 valence electrons. The highest BCUT2D eigenvalue weighted by Crippen LogP contribution is 2.19. The van der Waals surface area contributed by atoms with Gasteiger partial charge >= 0.3 is 0 Å². The summed E-state index contributed by atoms with van der Waals surface area (Å²) in [6, 6.07) is 0. The molecule has 0 aromatic carbocycles. The van der Waals surface area contributed by atoms with Crippen LogP contribution in [0.1, 0.15) is 33.1 Å². The molecule has 0 aromatic heterocycles. The number of primary amides is 1. The van der Waals surface area contributed by atoms with E-state index in [0.29, 0.717) is 13.0 Å². The van der Waals surface area contributed by atoms with Gasteiger partial charge in [-0.1, -0.05) is 0 Å². The molecular formula is C14H27N5O2. The van der Waals surface area contributed by atoms with Gasteiger partial charge in [0.25, 0.3) is 0 Å². The van der Waals surface area contributed by atoms with Crippen LogP contribution in [0.25, 0.3) is 0 Å². The molecular weight excluding hydrogens is 270 g/mol. The molecule has 7 heteroatoms. The van der Waals surface area contributed by atoms with E-state index in [1.165, 1.54) is 0 Å². The molecule has 0 radical (unpaired) electrons. The average molecular weight is 297 g/mol. The third-order valence-corrected chi connectivity index (χ3v) is 3.39. The maximum absolute atomic E-state index is 11.5. The second-order valence-electron chi connectivity index (χ2n) is 5.25. The highest BCUT2D eigenvalue weighted by Gasteiger charge is 2.23. The molecule has 1 unspecified atom stereocenters. The Kier molecular flexibility index (Phi) is 7.56. The number of rotatable bonds is 6. The second kappa shape index (κ2) is 9.20. The van der Waals surface area contributed by atoms with Crippen molar-refractivity contribution in [2.24, 2.45) is 16.6 Å². The molecule has 1 heterocycles. The Morgan fingerprint density at radius 1 is 1.29 bits per heavy atom. The van der Waals surface area contributed by atoms with Gasteiger partial charge in [-0.25, -0.2) is 4.99 Å². The van der Waals surface area contributed by atoms with Gasteiger partial charge in [-0.2, -0.15) is 0 Å². The lowest BCUT2D eigenvalue weighted by Crippen LogP contribution is -2.47. The van der Waals surface area contributed by atoms with Crippen LogP contribution in [0.5, 0.6) is 0 Å². The summed E-state index contributed by atoms with van der Waals surface area (Å²) in [5, 5.41) is 5.93. The van der Waals surface area contributed by atoms with Gasteiger partial charge in [0.15, 0.2) is 5.96 Å². The molecule has 1 fully saturated rings. The van der Waals surface area contributed by atoms with Crippen LogP contribution in [0.3, 0.4) is 0 Å². The van der Waals surface area contributed by atoms with E-state index in [4.69, 9.17) is 5.73 Å². The lowest BCUT2D eigenvalue weighted by molar-refractivity contribution is -0.120. The van der Waals surface area contributed by atoms with Crippen molar-refractivity contribution < 1.29 is 9.59 Å². The van der Waals surface area contributed by atoms with Crippen LogP contribution in [-0.2, 0) is 9.59 Å². The Morgan fingerprint density at radius 2 is 2.00 bits per heavy atom. The van der Waals surface area contributed by atoms with E-state index in [2.05, 4.69) is 20.5 Å². The van der Waals surface area contributed by atoms with Crippen molar-refractivity contribution in [3.63, 3.8) is 0 Å². The van der Waals surface area contributed by atoms with Crippen molar-refractivity contribution in [1.29, 1.82) is 0 Å². The molecule has 1 rings (SSSR count). The summed E-state index contributed by atoms with van der Waals surface area (Å²) in [5.74, 6) is 0.659. The Hall–Kier alpha value is -1.79. The molecule has 0 bridgehead atoms. The zero-order valence-corrected chi connectivity index (χ0v) is 13.0. The van der Waals surface area contributed by atoms with Gasteiger partial charge in [0.1, 0.15) is 6.54 Å². The number of likely N-dealkylation sites (N-methyl/N-ethyl adjacent to an activating group) is 1. The van der Waals surface area contributed by atoms with Crippen molar-refractivity contribution in [3.8, 4) is 0 Å². The quantitative estimate of drug-likeness (QED) is 0.462. The van der Waals surface area contributed by atoms with Crippen LogP contribution < -0.4 is 16.4 Å². The summed E-state index contributed by atoms with van der Waals surface area (Å²) in [6.07, 6.45) is 2.42. The van der Waals surface area contributed by atoms with E-state index in [-0.39, 0.29) is 24.3 Å². The molecule has 1 aliphatic rings. The molecule has 1 atom stereocenters. The van der Waals surface area contributed by atoms with Gasteiger partial charge < -0.3 is 21.3 Å². The molecule has 21 heavy (non-hydrogen) atoms. The fourth-order valence-corrected chi connectivity index (χ4v) is 2.53. The van der Waals surface area contributed by atoms with Crippen LogP contribution in [0.4, 0.5) is 0 Å². The average Bonchev–Trinajstić information content (AvgIpc) is 2.43. The predicted molar refractivity (Wildman–Crippen MR) is 82.8 cm³/mol. The third-order valence-electron chi connectivity index (χ3n) is 3.39. The first-order valence-corrected chi connectivity index (χ1v) is 7.65. The van der Waals surface area contributed by atoms with E-state index in [1.54, 1.807) is 0 Å². The SMILES string of the molecule is CCNC(=O)CN=C(NCC)N1CCCC(CC(N)=O)C1.